The number of hydrogen-bond acceptors (Lipinski definition) is 7. The van der Waals surface area contributed by atoms with E-state index in [9.17, 15) is 19.7 Å². The monoisotopic (exact) mass is 471 g/mol. The van der Waals surface area contributed by atoms with E-state index in [2.05, 4.69) is 21.9 Å². The molecule has 0 aliphatic rings. The summed E-state index contributed by atoms with van der Waals surface area (Å²) in [5.41, 5.74) is 2.37. The summed E-state index contributed by atoms with van der Waals surface area (Å²) in [6.07, 6.45) is 4.28. The minimum absolute atomic E-state index is 0.0825. The van der Waals surface area contributed by atoms with E-state index in [0.29, 0.717) is 27.8 Å². The number of non-ortho nitro benzene ring substituents is 1. The zero-order valence-electron chi connectivity index (χ0n) is 18.8. The Morgan fingerprint density at radius 2 is 1.91 bits per heavy atom. The molecule has 1 amide bonds. The second kappa shape index (κ2) is 9.96. The van der Waals surface area contributed by atoms with Crippen molar-refractivity contribution in [3.05, 3.63) is 88.5 Å². The zero-order valence-corrected chi connectivity index (χ0v) is 18.8. The van der Waals surface area contributed by atoms with Gasteiger partial charge in [-0.05, 0) is 30.7 Å². The lowest BCUT2D eigenvalue weighted by Crippen LogP contribution is -2.16. The van der Waals surface area contributed by atoms with E-state index in [1.807, 2.05) is 12.1 Å². The first kappa shape index (κ1) is 23.3. The number of anilines is 1. The van der Waals surface area contributed by atoms with Crippen LogP contribution in [0, 0.1) is 10.1 Å². The average Bonchev–Trinajstić information content (AvgIpc) is 3.13. The van der Waals surface area contributed by atoms with Crippen molar-refractivity contribution < 1.29 is 19.2 Å². The van der Waals surface area contributed by atoms with Crippen molar-refractivity contribution in [2.45, 2.75) is 13.5 Å². The Kier molecular flexibility index (Phi) is 6.63. The second-order valence-electron chi connectivity index (χ2n) is 7.40. The lowest BCUT2D eigenvalue weighted by molar-refractivity contribution is -0.384. The number of benzene rings is 2. The molecule has 176 valence electrons. The Hall–Kier alpha value is -4.86. The summed E-state index contributed by atoms with van der Waals surface area (Å²) in [5.74, 6) is -1.04. The van der Waals surface area contributed by atoms with Gasteiger partial charge in [0.25, 0.3) is 5.69 Å². The molecule has 0 aliphatic heterocycles. The number of nitrogens with zero attached hydrogens (tertiary/aromatic N) is 4. The maximum Gasteiger partial charge on any atom is 0.344 e. The Morgan fingerprint density at radius 1 is 1.17 bits per heavy atom. The lowest BCUT2D eigenvalue weighted by atomic mass is 10.2. The van der Waals surface area contributed by atoms with Crippen LogP contribution in [0.2, 0.25) is 0 Å². The van der Waals surface area contributed by atoms with Crippen LogP contribution in [-0.4, -0.2) is 37.9 Å². The van der Waals surface area contributed by atoms with Crippen LogP contribution in [0.1, 0.15) is 22.8 Å². The van der Waals surface area contributed by atoms with Crippen molar-refractivity contribution in [2.24, 2.45) is 0 Å². The molecule has 0 saturated heterocycles. The molecular weight excluding hydrogens is 450 g/mol. The normalized spacial score (nSPS) is 11.1. The summed E-state index contributed by atoms with van der Waals surface area (Å²) in [6, 6.07) is 13.1. The van der Waals surface area contributed by atoms with Gasteiger partial charge in [0.05, 0.1) is 22.6 Å². The molecule has 0 saturated carbocycles. The highest BCUT2D eigenvalue weighted by molar-refractivity contribution is 6.13. The Morgan fingerprint density at radius 3 is 2.60 bits per heavy atom. The van der Waals surface area contributed by atoms with E-state index < -0.39 is 16.8 Å². The van der Waals surface area contributed by atoms with Crippen molar-refractivity contribution in [2.75, 3.05) is 11.9 Å². The summed E-state index contributed by atoms with van der Waals surface area (Å²) in [5, 5.41) is 13.7. The van der Waals surface area contributed by atoms with E-state index in [-0.39, 0.29) is 30.2 Å². The Labute approximate surface area is 199 Å². The maximum absolute atomic E-state index is 12.9. The fourth-order valence-electron chi connectivity index (χ4n) is 3.61. The number of esters is 1. The lowest BCUT2D eigenvalue weighted by Gasteiger charge is -2.10. The predicted octanol–water partition coefficient (Wildman–Crippen LogP) is 4.51. The van der Waals surface area contributed by atoms with Crippen LogP contribution in [0.5, 0.6) is 0 Å². The molecule has 0 unspecified atom stereocenters. The smallest absolute Gasteiger partial charge is 0.344 e. The van der Waals surface area contributed by atoms with Crippen molar-refractivity contribution in [3.8, 4) is 0 Å². The summed E-state index contributed by atoms with van der Waals surface area (Å²) in [4.78, 5) is 45.5. The molecule has 0 radical (unpaired) electrons. The molecule has 4 rings (SSSR count). The molecule has 2 heterocycles. The van der Waals surface area contributed by atoms with Crippen molar-refractivity contribution in [1.29, 1.82) is 0 Å². The average molecular weight is 471 g/mol. The predicted molar refractivity (Wildman–Crippen MR) is 132 cm³/mol. The van der Waals surface area contributed by atoms with E-state index in [0.717, 1.165) is 0 Å². The molecule has 4 aromatic rings. The SMILES string of the molecule is C=CCn1c(NC(=O)/C=C\c2cccc([N+](=O)[O-])c2)c(C(=O)OCC)c2nc3ccccc3nc21. The zero-order chi connectivity index (χ0) is 24.9. The summed E-state index contributed by atoms with van der Waals surface area (Å²) in [7, 11) is 0. The molecule has 35 heavy (non-hydrogen) atoms. The van der Waals surface area contributed by atoms with Gasteiger partial charge in [-0.2, -0.15) is 0 Å². The first-order valence-corrected chi connectivity index (χ1v) is 10.7. The third kappa shape index (κ3) is 4.76. The fraction of sp³-hybridized carbons (Fsp3) is 0.120. The number of para-hydroxylation sites is 2. The summed E-state index contributed by atoms with van der Waals surface area (Å²) < 4.78 is 6.88. The number of hydrogen-bond donors (Lipinski definition) is 1. The van der Waals surface area contributed by atoms with Gasteiger partial charge in [-0.25, -0.2) is 14.8 Å². The van der Waals surface area contributed by atoms with Gasteiger partial charge in [-0.3, -0.25) is 14.9 Å². The van der Waals surface area contributed by atoms with Crippen LogP contribution in [-0.2, 0) is 16.1 Å². The van der Waals surface area contributed by atoms with Gasteiger partial charge < -0.3 is 14.6 Å². The van der Waals surface area contributed by atoms with E-state index in [1.165, 1.54) is 30.4 Å². The second-order valence-corrected chi connectivity index (χ2v) is 7.40. The Bertz CT molecular complexity index is 1510. The minimum atomic E-state index is -0.650. The molecule has 1 N–H and O–H groups in total. The van der Waals surface area contributed by atoms with Gasteiger partial charge in [0.2, 0.25) is 5.91 Å². The number of nitrogens with one attached hydrogen (secondary N) is 1. The van der Waals surface area contributed by atoms with Crippen molar-refractivity contribution in [1.82, 2.24) is 14.5 Å². The van der Waals surface area contributed by atoms with Crippen LogP contribution in [0.15, 0.2) is 67.3 Å². The van der Waals surface area contributed by atoms with Gasteiger partial charge in [-0.1, -0.05) is 30.3 Å². The van der Waals surface area contributed by atoms with Crippen LogP contribution in [0.4, 0.5) is 11.5 Å². The number of nitro groups is 1. The van der Waals surface area contributed by atoms with E-state index >= 15 is 0 Å². The maximum atomic E-state index is 12.9. The quantitative estimate of drug-likeness (QED) is 0.132. The highest BCUT2D eigenvalue weighted by Crippen LogP contribution is 2.31. The molecule has 2 aromatic heterocycles. The van der Waals surface area contributed by atoms with Gasteiger partial charge in [-0.15, -0.1) is 6.58 Å². The number of nitro benzene ring substituents is 1. The number of amides is 1. The first-order valence-electron chi connectivity index (χ1n) is 10.7. The topological polar surface area (TPSA) is 129 Å². The molecule has 0 spiro atoms. The number of rotatable bonds is 8. The van der Waals surface area contributed by atoms with E-state index in [1.54, 1.807) is 35.8 Å². The van der Waals surface area contributed by atoms with Crippen molar-refractivity contribution >= 4 is 51.7 Å². The Balaban J connectivity index is 1.80. The van der Waals surface area contributed by atoms with Crippen molar-refractivity contribution in [3.63, 3.8) is 0 Å². The summed E-state index contributed by atoms with van der Waals surface area (Å²) in [6.45, 7) is 5.83. The fourth-order valence-corrected chi connectivity index (χ4v) is 3.61. The standard InChI is InChI=1S/C25H21N5O5/c1-3-14-29-23(28-20(31)13-12-16-8-7-9-17(15-16)30(33)34)21(25(32)35-4-2)22-24(29)27-19-11-6-5-10-18(19)26-22/h3,5-13,15H,1,4,14H2,2H3,(H,28,31)/b13-12-. The van der Waals surface area contributed by atoms with Crippen LogP contribution in [0.25, 0.3) is 28.3 Å². The number of carbonyl (C=O) groups is 2. The minimum Gasteiger partial charge on any atom is -0.462 e. The van der Waals surface area contributed by atoms with Crippen LogP contribution >= 0.6 is 0 Å². The highest BCUT2D eigenvalue weighted by atomic mass is 16.6. The van der Waals surface area contributed by atoms with Gasteiger partial charge in [0.15, 0.2) is 5.65 Å². The first-order chi connectivity index (χ1) is 16.9. The number of aromatic nitrogens is 3. The molecule has 0 aliphatic carbocycles. The number of ether oxygens (including phenoxy) is 1. The molecule has 10 nitrogen and oxygen atoms in total. The third-order valence-corrected chi connectivity index (χ3v) is 5.09. The van der Waals surface area contributed by atoms with Gasteiger partial charge >= 0.3 is 5.97 Å². The molecule has 10 heteroatoms. The molecule has 0 bridgehead atoms. The number of carbonyl (C=O) groups excluding carboxylic acids is 2. The number of allylic oxidation sites excluding steroid dienone is 1. The van der Waals surface area contributed by atoms with E-state index in [4.69, 9.17) is 4.74 Å². The molecule has 2 aromatic carbocycles. The van der Waals surface area contributed by atoms with Crippen LogP contribution < -0.4 is 5.32 Å². The largest absolute Gasteiger partial charge is 0.462 e. The highest BCUT2D eigenvalue weighted by Gasteiger charge is 2.27. The summed E-state index contributed by atoms with van der Waals surface area (Å²) >= 11 is 0. The molecule has 0 fully saturated rings. The third-order valence-electron chi connectivity index (χ3n) is 5.09. The van der Waals surface area contributed by atoms with Crippen LogP contribution in [0.3, 0.4) is 0 Å². The molecular formula is C25H21N5O5. The van der Waals surface area contributed by atoms with Gasteiger partial charge in [0, 0.05) is 24.8 Å². The van der Waals surface area contributed by atoms with Gasteiger partial charge in [0.1, 0.15) is 16.9 Å². The molecule has 0 atom stereocenters. The number of fused-ring (bicyclic) bond motifs is 2.